The molecule has 20 heavy (non-hydrogen) atoms. The van der Waals surface area contributed by atoms with Gasteiger partial charge in [0.05, 0.1) is 12.7 Å². The first kappa shape index (κ1) is 13.9. The van der Waals surface area contributed by atoms with Gasteiger partial charge in [-0.2, -0.15) is 0 Å². The van der Waals surface area contributed by atoms with Crippen LogP contribution in [0.25, 0.3) is 0 Å². The zero-order valence-corrected chi connectivity index (χ0v) is 11.2. The number of hydrogen-bond donors (Lipinski definition) is 2. The number of ether oxygens (including phenoxy) is 1. The van der Waals surface area contributed by atoms with E-state index in [0.29, 0.717) is 5.69 Å². The molecule has 4 nitrogen and oxygen atoms in total. The summed E-state index contributed by atoms with van der Waals surface area (Å²) in [5.74, 6) is -0.115. The molecule has 104 valence electrons. The molecule has 0 aromatic heterocycles. The van der Waals surface area contributed by atoms with Crippen molar-refractivity contribution in [2.45, 2.75) is 6.92 Å². The number of hydrogen-bond acceptors (Lipinski definition) is 3. The Morgan fingerprint density at radius 3 is 2.60 bits per heavy atom. The van der Waals surface area contributed by atoms with Crippen LogP contribution in [0.1, 0.15) is 15.9 Å². The molecule has 3 N–H and O–H groups in total. The Morgan fingerprint density at radius 2 is 2.00 bits per heavy atom. The Labute approximate surface area is 116 Å². The maximum atomic E-state index is 12.9. The Kier molecular flexibility index (Phi) is 3.89. The molecule has 0 radical (unpaired) electrons. The van der Waals surface area contributed by atoms with Crippen molar-refractivity contribution in [1.82, 2.24) is 0 Å². The topological polar surface area (TPSA) is 64.3 Å². The van der Waals surface area contributed by atoms with Crippen LogP contribution in [0, 0.1) is 12.7 Å². The number of carbonyl (C=O) groups excluding carboxylic acids is 1. The maximum absolute atomic E-state index is 12.9. The standard InChI is InChI=1S/C15H15FN2O2/c1-9-7-11(4-6-14(9)20-2)18-15(19)12-5-3-10(16)8-13(12)17/h3-8H,17H2,1-2H3,(H,18,19). The Hall–Kier alpha value is -2.56. The van der Waals surface area contributed by atoms with E-state index in [1.165, 1.54) is 12.1 Å². The smallest absolute Gasteiger partial charge is 0.257 e. The van der Waals surface area contributed by atoms with Crippen LogP contribution in [-0.4, -0.2) is 13.0 Å². The van der Waals surface area contributed by atoms with Gasteiger partial charge in [0.15, 0.2) is 0 Å². The minimum Gasteiger partial charge on any atom is -0.496 e. The van der Waals surface area contributed by atoms with Gasteiger partial charge in [-0.1, -0.05) is 0 Å². The molecule has 0 aliphatic carbocycles. The molecular formula is C15H15FN2O2. The summed E-state index contributed by atoms with van der Waals surface area (Å²) in [6.45, 7) is 1.88. The van der Waals surface area contributed by atoms with E-state index >= 15 is 0 Å². The van der Waals surface area contributed by atoms with Gasteiger partial charge in [0.25, 0.3) is 5.91 Å². The molecule has 1 amide bonds. The summed E-state index contributed by atoms with van der Waals surface area (Å²) in [6.07, 6.45) is 0. The van der Waals surface area contributed by atoms with Gasteiger partial charge in [0.2, 0.25) is 0 Å². The third-order valence-electron chi connectivity index (χ3n) is 2.91. The minimum absolute atomic E-state index is 0.104. The number of benzene rings is 2. The molecule has 2 rings (SSSR count). The summed E-state index contributed by atoms with van der Waals surface area (Å²) in [5.41, 5.74) is 7.49. The van der Waals surface area contributed by atoms with E-state index in [1.807, 2.05) is 6.92 Å². The van der Waals surface area contributed by atoms with Crippen molar-refractivity contribution in [1.29, 1.82) is 0 Å². The van der Waals surface area contributed by atoms with Crippen LogP contribution < -0.4 is 15.8 Å². The summed E-state index contributed by atoms with van der Waals surface area (Å²) < 4.78 is 18.1. The maximum Gasteiger partial charge on any atom is 0.257 e. The molecule has 0 atom stereocenters. The Balaban J connectivity index is 2.21. The number of anilines is 2. The van der Waals surface area contributed by atoms with Crippen molar-refractivity contribution in [3.05, 3.63) is 53.3 Å². The summed E-state index contributed by atoms with van der Waals surface area (Å²) in [6, 6.07) is 8.95. The number of nitrogens with two attached hydrogens (primary N) is 1. The number of halogens is 1. The van der Waals surface area contributed by atoms with Crippen molar-refractivity contribution >= 4 is 17.3 Å². The number of methoxy groups -OCH3 is 1. The number of carbonyl (C=O) groups is 1. The van der Waals surface area contributed by atoms with Crippen LogP contribution in [0.5, 0.6) is 5.75 Å². The molecular weight excluding hydrogens is 259 g/mol. The predicted molar refractivity (Wildman–Crippen MR) is 76.5 cm³/mol. The van der Waals surface area contributed by atoms with Gasteiger partial charge in [0.1, 0.15) is 11.6 Å². The molecule has 0 spiro atoms. The predicted octanol–water partition coefficient (Wildman–Crippen LogP) is 2.98. The summed E-state index contributed by atoms with van der Waals surface area (Å²) in [4.78, 5) is 12.1. The lowest BCUT2D eigenvalue weighted by Crippen LogP contribution is -2.14. The first-order chi connectivity index (χ1) is 9.51. The number of rotatable bonds is 3. The molecule has 0 aliphatic rings. The SMILES string of the molecule is COc1ccc(NC(=O)c2ccc(F)cc2N)cc1C. The van der Waals surface area contributed by atoms with Crippen molar-refractivity contribution in [3.8, 4) is 5.75 Å². The molecule has 0 saturated heterocycles. The highest BCUT2D eigenvalue weighted by atomic mass is 19.1. The van der Waals surface area contributed by atoms with E-state index in [0.717, 1.165) is 17.4 Å². The molecule has 5 heteroatoms. The fraction of sp³-hybridized carbons (Fsp3) is 0.133. The Morgan fingerprint density at radius 1 is 1.25 bits per heavy atom. The van der Waals surface area contributed by atoms with Gasteiger partial charge < -0.3 is 15.8 Å². The molecule has 2 aromatic carbocycles. The van der Waals surface area contributed by atoms with Crippen molar-refractivity contribution in [3.63, 3.8) is 0 Å². The van der Waals surface area contributed by atoms with Crippen molar-refractivity contribution in [2.75, 3.05) is 18.2 Å². The lowest BCUT2D eigenvalue weighted by Gasteiger charge is -2.10. The highest BCUT2D eigenvalue weighted by molar-refractivity contribution is 6.07. The normalized spacial score (nSPS) is 10.2. The lowest BCUT2D eigenvalue weighted by atomic mass is 10.1. The number of nitrogens with one attached hydrogen (secondary N) is 1. The van der Waals surface area contributed by atoms with Crippen molar-refractivity contribution < 1.29 is 13.9 Å². The molecule has 0 bridgehead atoms. The summed E-state index contributed by atoms with van der Waals surface area (Å²) in [5, 5.41) is 2.71. The van der Waals surface area contributed by atoms with E-state index in [2.05, 4.69) is 5.32 Å². The highest BCUT2D eigenvalue weighted by Crippen LogP contribution is 2.22. The number of nitrogen functional groups attached to an aromatic ring is 1. The van der Waals surface area contributed by atoms with E-state index in [1.54, 1.807) is 25.3 Å². The van der Waals surface area contributed by atoms with Crippen LogP contribution in [0.4, 0.5) is 15.8 Å². The van der Waals surface area contributed by atoms with Gasteiger partial charge in [-0.15, -0.1) is 0 Å². The third kappa shape index (κ3) is 2.88. The molecule has 0 fully saturated rings. The zero-order chi connectivity index (χ0) is 14.7. The fourth-order valence-electron chi connectivity index (χ4n) is 1.89. The molecule has 0 heterocycles. The lowest BCUT2D eigenvalue weighted by molar-refractivity contribution is 0.102. The highest BCUT2D eigenvalue weighted by Gasteiger charge is 2.11. The van der Waals surface area contributed by atoms with Crippen LogP contribution in [0.15, 0.2) is 36.4 Å². The quantitative estimate of drug-likeness (QED) is 0.846. The fourth-order valence-corrected chi connectivity index (χ4v) is 1.89. The van der Waals surface area contributed by atoms with E-state index < -0.39 is 5.82 Å². The van der Waals surface area contributed by atoms with Crippen LogP contribution in [-0.2, 0) is 0 Å². The third-order valence-corrected chi connectivity index (χ3v) is 2.91. The van der Waals surface area contributed by atoms with Gasteiger partial charge >= 0.3 is 0 Å². The monoisotopic (exact) mass is 274 g/mol. The van der Waals surface area contributed by atoms with E-state index in [-0.39, 0.29) is 17.2 Å². The average molecular weight is 274 g/mol. The van der Waals surface area contributed by atoms with Gasteiger partial charge in [-0.05, 0) is 48.9 Å². The zero-order valence-electron chi connectivity index (χ0n) is 11.2. The molecule has 2 aromatic rings. The van der Waals surface area contributed by atoms with Crippen LogP contribution in [0.2, 0.25) is 0 Å². The largest absolute Gasteiger partial charge is 0.496 e. The Bertz CT molecular complexity index is 656. The molecule has 0 unspecified atom stereocenters. The van der Waals surface area contributed by atoms with Gasteiger partial charge in [0, 0.05) is 11.4 Å². The van der Waals surface area contributed by atoms with Crippen LogP contribution in [0.3, 0.4) is 0 Å². The first-order valence-corrected chi connectivity index (χ1v) is 6.02. The average Bonchev–Trinajstić information content (AvgIpc) is 2.38. The molecule has 0 aliphatic heterocycles. The van der Waals surface area contributed by atoms with Gasteiger partial charge in [-0.3, -0.25) is 4.79 Å². The minimum atomic E-state index is -0.473. The van der Waals surface area contributed by atoms with Crippen molar-refractivity contribution in [2.24, 2.45) is 0 Å². The van der Waals surface area contributed by atoms with Crippen LogP contribution >= 0.6 is 0 Å². The number of amides is 1. The first-order valence-electron chi connectivity index (χ1n) is 6.02. The second kappa shape index (κ2) is 5.61. The second-order valence-corrected chi connectivity index (χ2v) is 4.37. The molecule has 0 saturated carbocycles. The van der Waals surface area contributed by atoms with E-state index in [9.17, 15) is 9.18 Å². The summed E-state index contributed by atoms with van der Waals surface area (Å²) in [7, 11) is 1.58. The van der Waals surface area contributed by atoms with E-state index in [4.69, 9.17) is 10.5 Å². The van der Waals surface area contributed by atoms with Gasteiger partial charge in [-0.25, -0.2) is 4.39 Å². The second-order valence-electron chi connectivity index (χ2n) is 4.37. The number of aryl methyl sites for hydroxylation is 1. The summed E-state index contributed by atoms with van der Waals surface area (Å²) >= 11 is 0.